The highest BCUT2D eigenvalue weighted by atomic mass is 16.2. The van der Waals surface area contributed by atoms with Crippen LogP contribution in [-0.4, -0.2) is 42.4 Å². The van der Waals surface area contributed by atoms with Crippen LogP contribution >= 0.6 is 0 Å². The van der Waals surface area contributed by atoms with Gasteiger partial charge in [-0.1, -0.05) is 30.3 Å². The van der Waals surface area contributed by atoms with Gasteiger partial charge >= 0.3 is 0 Å². The number of amides is 2. The summed E-state index contributed by atoms with van der Waals surface area (Å²) in [5, 5.41) is 5.70. The summed E-state index contributed by atoms with van der Waals surface area (Å²) in [6.07, 6.45) is 1.31. The van der Waals surface area contributed by atoms with Gasteiger partial charge in [-0.05, 0) is 18.9 Å². The Labute approximate surface area is 132 Å². The Morgan fingerprint density at radius 3 is 2.73 bits per heavy atom. The van der Waals surface area contributed by atoms with Crippen LogP contribution in [0.1, 0.15) is 38.3 Å². The largest absolute Gasteiger partial charge is 0.356 e. The Morgan fingerprint density at radius 2 is 2.05 bits per heavy atom. The molecule has 1 aliphatic rings. The number of hydrogen-bond acceptors (Lipinski definition) is 3. The van der Waals surface area contributed by atoms with E-state index in [1.807, 2.05) is 6.07 Å². The first-order valence-electron chi connectivity index (χ1n) is 7.89. The standard InChI is InChI=1S/C17H25N3O2/c1-13(15-6-4-3-5-7-15)20-11-9-16(12-20)19-17(22)8-10-18-14(2)21/h3-7,13,16H,8-12H2,1-2H3,(H,18,21)(H,19,22). The van der Waals surface area contributed by atoms with Gasteiger partial charge in [0.25, 0.3) is 0 Å². The Morgan fingerprint density at radius 1 is 1.32 bits per heavy atom. The van der Waals surface area contributed by atoms with Gasteiger partial charge in [0.2, 0.25) is 11.8 Å². The number of carbonyl (C=O) groups is 2. The summed E-state index contributed by atoms with van der Waals surface area (Å²) in [5.41, 5.74) is 1.31. The van der Waals surface area contributed by atoms with E-state index >= 15 is 0 Å². The van der Waals surface area contributed by atoms with E-state index in [1.165, 1.54) is 12.5 Å². The van der Waals surface area contributed by atoms with Gasteiger partial charge in [0.05, 0.1) is 0 Å². The van der Waals surface area contributed by atoms with Gasteiger partial charge in [-0.25, -0.2) is 0 Å². The van der Waals surface area contributed by atoms with Crippen molar-refractivity contribution >= 4 is 11.8 Å². The normalized spacial score (nSPS) is 19.6. The summed E-state index contributed by atoms with van der Waals surface area (Å²) < 4.78 is 0. The second kappa shape index (κ2) is 7.94. The lowest BCUT2D eigenvalue weighted by atomic mass is 10.1. The van der Waals surface area contributed by atoms with E-state index in [1.54, 1.807) is 0 Å². The summed E-state index contributed by atoms with van der Waals surface area (Å²) in [7, 11) is 0. The molecule has 0 spiro atoms. The zero-order valence-electron chi connectivity index (χ0n) is 13.3. The first kappa shape index (κ1) is 16.5. The maximum absolute atomic E-state index is 11.8. The van der Waals surface area contributed by atoms with Crippen molar-refractivity contribution < 1.29 is 9.59 Å². The molecule has 0 saturated carbocycles. The quantitative estimate of drug-likeness (QED) is 0.836. The van der Waals surface area contributed by atoms with Crippen LogP contribution in [0.3, 0.4) is 0 Å². The molecule has 1 aromatic rings. The van der Waals surface area contributed by atoms with Crippen LogP contribution in [-0.2, 0) is 9.59 Å². The van der Waals surface area contributed by atoms with E-state index in [-0.39, 0.29) is 17.9 Å². The fourth-order valence-corrected chi connectivity index (χ4v) is 2.85. The molecule has 22 heavy (non-hydrogen) atoms. The van der Waals surface area contributed by atoms with Crippen LogP contribution in [0.2, 0.25) is 0 Å². The summed E-state index contributed by atoms with van der Waals surface area (Å²) in [6.45, 7) is 5.93. The Balaban J connectivity index is 1.75. The number of rotatable bonds is 6. The molecule has 1 aromatic carbocycles. The van der Waals surface area contributed by atoms with E-state index in [9.17, 15) is 9.59 Å². The molecule has 0 aromatic heterocycles. The molecular weight excluding hydrogens is 278 g/mol. The molecule has 2 unspecified atom stereocenters. The molecule has 1 aliphatic heterocycles. The van der Waals surface area contributed by atoms with Crippen LogP contribution in [0.4, 0.5) is 0 Å². The van der Waals surface area contributed by atoms with Crippen LogP contribution < -0.4 is 10.6 Å². The van der Waals surface area contributed by atoms with Crippen molar-refractivity contribution in [2.75, 3.05) is 19.6 Å². The molecule has 5 heteroatoms. The average molecular weight is 303 g/mol. The van der Waals surface area contributed by atoms with Gasteiger partial charge in [0.15, 0.2) is 0 Å². The van der Waals surface area contributed by atoms with Crippen molar-refractivity contribution in [1.82, 2.24) is 15.5 Å². The van der Waals surface area contributed by atoms with Crippen molar-refractivity contribution in [3.8, 4) is 0 Å². The van der Waals surface area contributed by atoms with E-state index < -0.39 is 0 Å². The third kappa shape index (κ3) is 4.84. The molecule has 120 valence electrons. The lowest BCUT2D eigenvalue weighted by molar-refractivity contribution is -0.122. The zero-order chi connectivity index (χ0) is 15.9. The van der Waals surface area contributed by atoms with Crippen molar-refractivity contribution in [3.05, 3.63) is 35.9 Å². The molecule has 2 N–H and O–H groups in total. The summed E-state index contributed by atoms with van der Waals surface area (Å²) >= 11 is 0. The monoisotopic (exact) mass is 303 g/mol. The van der Waals surface area contributed by atoms with Crippen LogP contribution in [0.5, 0.6) is 0 Å². The molecule has 1 heterocycles. The Bertz CT molecular complexity index is 504. The highest BCUT2D eigenvalue weighted by molar-refractivity contribution is 5.78. The van der Waals surface area contributed by atoms with Gasteiger partial charge in [-0.15, -0.1) is 0 Å². The molecule has 1 saturated heterocycles. The number of nitrogens with one attached hydrogen (secondary N) is 2. The molecule has 1 fully saturated rings. The Hall–Kier alpha value is -1.88. The summed E-state index contributed by atoms with van der Waals surface area (Å²) in [4.78, 5) is 25.0. The molecule has 0 aliphatic carbocycles. The second-order valence-corrected chi connectivity index (χ2v) is 5.87. The number of likely N-dealkylation sites (tertiary alicyclic amines) is 1. The van der Waals surface area contributed by atoms with E-state index in [4.69, 9.17) is 0 Å². The second-order valence-electron chi connectivity index (χ2n) is 5.87. The fourth-order valence-electron chi connectivity index (χ4n) is 2.85. The number of hydrogen-bond donors (Lipinski definition) is 2. The van der Waals surface area contributed by atoms with Crippen molar-refractivity contribution in [3.63, 3.8) is 0 Å². The van der Waals surface area contributed by atoms with Crippen LogP contribution in [0.25, 0.3) is 0 Å². The van der Waals surface area contributed by atoms with Crippen molar-refractivity contribution in [1.29, 1.82) is 0 Å². The SMILES string of the molecule is CC(=O)NCCC(=O)NC1CCN(C(C)c2ccccc2)C1. The van der Waals surface area contributed by atoms with Crippen molar-refractivity contribution in [2.24, 2.45) is 0 Å². The number of benzene rings is 1. The van der Waals surface area contributed by atoms with Gasteiger partial charge in [0, 0.05) is 45.1 Å². The molecule has 0 bridgehead atoms. The van der Waals surface area contributed by atoms with Gasteiger partial charge < -0.3 is 10.6 Å². The molecule has 2 atom stereocenters. The van der Waals surface area contributed by atoms with Gasteiger partial charge in [-0.3, -0.25) is 14.5 Å². The maximum Gasteiger partial charge on any atom is 0.222 e. The third-order valence-electron chi connectivity index (χ3n) is 4.14. The molecule has 5 nitrogen and oxygen atoms in total. The predicted molar refractivity (Wildman–Crippen MR) is 86.3 cm³/mol. The number of carbonyl (C=O) groups excluding carboxylic acids is 2. The smallest absolute Gasteiger partial charge is 0.222 e. The minimum absolute atomic E-state index is 0.00737. The van der Waals surface area contributed by atoms with E-state index in [0.717, 1.165) is 19.5 Å². The lowest BCUT2D eigenvalue weighted by Gasteiger charge is -2.24. The lowest BCUT2D eigenvalue weighted by Crippen LogP contribution is -2.39. The zero-order valence-corrected chi connectivity index (χ0v) is 13.3. The highest BCUT2D eigenvalue weighted by Crippen LogP contribution is 2.24. The third-order valence-corrected chi connectivity index (χ3v) is 4.14. The topological polar surface area (TPSA) is 61.4 Å². The molecule has 2 rings (SSSR count). The minimum atomic E-state index is -0.100. The molecule has 2 amide bonds. The minimum Gasteiger partial charge on any atom is -0.356 e. The van der Waals surface area contributed by atoms with E-state index in [2.05, 4.69) is 46.7 Å². The summed E-state index contributed by atoms with van der Waals surface area (Å²) in [6, 6.07) is 11.0. The molecule has 0 radical (unpaired) electrons. The van der Waals surface area contributed by atoms with Crippen LogP contribution in [0, 0.1) is 0 Å². The van der Waals surface area contributed by atoms with Crippen molar-refractivity contribution in [2.45, 2.75) is 38.8 Å². The maximum atomic E-state index is 11.8. The Kier molecular flexibility index (Phi) is 5.95. The predicted octanol–water partition coefficient (Wildman–Crippen LogP) is 1.46. The van der Waals surface area contributed by atoms with Gasteiger partial charge in [-0.2, -0.15) is 0 Å². The fraction of sp³-hybridized carbons (Fsp3) is 0.529. The number of nitrogens with zero attached hydrogens (tertiary/aromatic N) is 1. The summed E-state index contributed by atoms with van der Waals surface area (Å²) in [5.74, 6) is -0.0931. The highest BCUT2D eigenvalue weighted by Gasteiger charge is 2.27. The first-order chi connectivity index (χ1) is 10.6. The first-order valence-corrected chi connectivity index (χ1v) is 7.89. The van der Waals surface area contributed by atoms with Gasteiger partial charge in [0.1, 0.15) is 0 Å². The van der Waals surface area contributed by atoms with Crippen LogP contribution in [0.15, 0.2) is 30.3 Å². The molecular formula is C17H25N3O2. The average Bonchev–Trinajstić information content (AvgIpc) is 2.95. The van der Waals surface area contributed by atoms with E-state index in [0.29, 0.717) is 19.0 Å².